The van der Waals surface area contributed by atoms with Gasteiger partial charge in [0.05, 0.1) is 47.4 Å². The van der Waals surface area contributed by atoms with Crippen molar-refractivity contribution in [1.82, 2.24) is 0 Å². The van der Waals surface area contributed by atoms with Crippen LogP contribution in [0.5, 0.6) is 0 Å². The molecule has 1 heterocycles. The van der Waals surface area contributed by atoms with Gasteiger partial charge in [-0.05, 0) is 0 Å². The molecule has 0 spiro atoms. The average molecular weight is 219 g/mol. The van der Waals surface area contributed by atoms with E-state index in [-0.39, 0.29) is 16.8 Å². The summed E-state index contributed by atoms with van der Waals surface area (Å²) in [6, 6.07) is 0. The minimum Gasteiger partial charge on any atom is -0.376 e. The highest BCUT2D eigenvalue weighted by molar-refractivity contribution is 7.90. The molecule has 1 rings (SSSR count). The van der Waals surface area contributed by atoms with Crippen LogP contribution in [0.3, 0.4) is 0 Å². The number of carbonyl (C=O) groups excluding carboxylic acids is 1. The van der Waals surface area contributed by atoms with Gasteiger partial charge in [-0.15, -0.1) is 0 Å². The lowest BCUT2D eigenvalue weighted by atomic mass is 10.4. The Morgan fingerprint density at radius 1 is 1.57 bits per heavy atom. The van der Waals surface area contributed by atoms with Gasteiger partial charge in [-0.2, -0.15) is 0 Å². The number of ether oxygens (including phenoxy) is 2. The van der Waals surface area contributed by atoms with E-state index in [9.17, 15) is 9.00 Å². The van der Waals surface area contributed by atoms with Crippen molar-refractivity contribution in [1.29, 1.82) is 0 Å². The summed E-state index contributed by atoms with van der Waals surface area (Å²) in [6.07, 6.45) is -0.235. The van der Waals surface area contributed by atoms with E-state index in [4.69, 9.17) is 15.2 Å². The lowest BCUT2D eigenvalue weighted by molar-refractivity contribution is -0.113. The molecule has 2 atom stereocenters. The second kappa shape index (κ2) is 5.23. The number of rotatable bonds is 4. The van der Waals surface area contributed by atoms with Crippen LogP contribution in [-0.2, 0) is 25.1 Å². The van der Waals surface area contributed by atoms with Crippen molar-refractivity contribution in [3.63, 3.8) is 0 Å². The van der Waals surface area contributed by atoms with Gasteiger partial charge in [0, 0.05) is 0 Å². The topological polar surface area (TPSA) is 78.6 Å². The van der Waals surface area contributed by atoms with Gasteiger partial charge in [-0.25, -0.2) is 0 Å². The molecule has 0 saturated carbocycles. The average Bonchev–Trinajstić information content (AvgIpc) is 2.18. The second-order valence-corrected chi connectivity index (χ2v) is 4.38. The third kappa shape index (κ3) is 3.21. The first-order valence-electron chi connectivity index (χ1n) is 4.17. The summed E-state index contributed by atoms with van der Waals surface area (Å²) in [5.41, 5.74) is 4.94. The van der Waals surface area contributed by atoms with Crippen molar-refractivity contribution in [2.45, 2.75) is 6.10 Å². The Morgan fingerprint density at radius 3 is 2.79 bits per heavy atom. The van der Waals surface area contributed by atoms with Crippen molar-refractivity contribution in [3.05, 3.63) is 11.5 Å². The number of amides is 1. The fraction of sp³-hybridized carbons (Fsp3) is 0.625. The minimum absolute atomic E-state index is 0.0702. The SMILES string of the molecule is C=C(C(N)=O)S(=O)C[C@H]1COCCO1. The number of hydrogen-bond donors (Lipinski definition) is 1. The van der Waals surface area contributed by atoms with Crippen LogP contribution in [0.2, 0.25) is 0 Å². The molecule has 1 unspecified atom stereocenters. The second-order valence-electron chi connectivity index (χ2n) is 2.87. The molecule has 14 heavy (non-hydrogen) atoms. The molecule has 0 radical (unpaired) electrons. The van der Waals surface area contributed by atoms with E-state index < -0.39 is 16.7 Å². The Bertz CT molecular complexity index is 260. The van der Waals surface area contributed by atoms with E-state index in [0.717, 1.165) is 0 Å². The maximum atomic E-state index is 11.4. The van der Waals surface area contributed by atoms with E-state index >= 15 is 0 Å². The molecular formula is C8H13NO4S. The summed E-state index contributed by atoms with van der Waals surface area (Å²) in [4.78, 5) is 10.6. The highest BCUT2D eigenvalue weighted by atomic mass is 32.2. The van der Waals surface area contributed by atoms with Crippen LogP contribution in [0, 0.1) is 0 Å². The maximum Gasteiger partial charge on any atom is 0.257 e. The quantitative estimate of drug-likeness (QED) is 0.625. The molecule has 80 valence electrons. The fourth-order valence-electron chi connectivity index (χ4n) is 1.01. The summed E-state index contributed by atoms with van der Waals surface area (Å²) in [5.74, 6) is -0.526. The standard InChI is InChI=1S/C8H13NO4S/c1-6(8(9)10)14(11)5-7-4-12-2-3-13-7/h7H,1-5H2,(H2,9,10)/t7-,14?/m1/s1. The van der Waals surface area contributed by atoms with Crippen molar-refractivity contribution >= 4 is 16.7 Å². The summed E-state index contributed by atoms with van der Waals surface area (Å²) in [5, 5.41) is 0. The molecule has 2 N–H and O–H groups in total. The van der Waals surface area contributed by atoms with Crippen molar-refractivity contribution in [2.24, 2.45) is 5.73 Å². The Labute approximate surface area is 84.7 Å². The van der Waals surface area contributed by atoms with Crippen LogP contribution in [0.1, 0.15) is 0 Å². The molecule has 1 fully saturated rings. The first-order valence-corrected chi connectivity index (χ1v) is 5.49. The Hall–Kier alpha value is -0.720. The minimum atomic E-state index is -1.47. The predicted molar refractivity (Wildman–Crippen MR) is 51.9 cm³/mol. The number of hydrogen-bond acceptors (Lipinski definition) is 4. The van der Waals surface area contributed by atoms with Crippen LogP contribution < -0.4 is 5.73 Å². The Balaban J connectivity index is 2.39. The largest absolute Gasteiger partial charge is 0.376 e. The highest BCUT2D eigenvalue weighted by Crippen LogP contribution is 2.06. The third-order valence-corrected chi connectivity index (χ3v) is 3.20. The Morgan fingerprint density at radius 2 is 2.29 bits per heavy atom. The van der Waals surface area contributed by atoms with Gasteiger partial charge in [0.2, 0.25) is 0 Å². The molecule has 0 aromatic carbocycles. The zero-order valence-corrected chi connectivity index (χ0v) is 8.55. The van der Waals surface area contributed by atoms with Gasteiger partial charge < -0.3 is 15.2 Å². The lowest BCUT2D eigenvalue weighted by Gasteiger charge is -2.22. The van der Waals surface area contributed by atoms with Crippen molar-refractivity contribution < 1.29 is 18.5 Å². The molecule has 1 saturated heterocycles. The summed E-state index contributed by atoms with van der Waals surface area (Å²) >= 11 is 0. The summed E-state index contributed by atoms with van der Waals surface area (Å²) in [7, 11) is -1.47. The predicted octanol–water partition coefficient (Wildman–Crippen LogP) is -0.850. The van der Waals surface area contributed by atoms with Crippen LogP contribution in [0.4, 0.5) is 0 Å². The molecule has 0 aromatic rings. The number of carbonyl (C=O) groups is 1. The molecule has 1 aliphatic rings. The van der Waals surface area contributed by atoms with Crippen molar-refractivity contribution in [2.75, 3.05) is 25.6 Å². The smallest absolute Gasteiger partial charge is 0.257 e. The van der Waals surface area contributed by atoms with Gasteiger partial charge in [-0.3, -0.25) is 9.00 Å². The lowest BCUT2D eigenvalue weighted by Crippen LogP contribution is -2.34. The molecule has 1 amide bonds. The number of primary amides is 1. The van der Waals surface area contributed by atoms with Gasteiger partial charge in [0.25, 0.3) is 5.91 Å². The first-order chi connectivity index (χ1) is 6.61. The van der Waals surface area contributed by atoms with E-state index in [1.807, 2.05) is 0 Å². The van der Waals surface area contributed by atoms with E-state index in [0.29, 0.717) is 19.8 Å². The van der Waals surface area contributed by atoms with Gasteiger partial charge >= 0.3 is 0 Å². The van der Waals surface area contributed by atoms with Crippen molar-refractivity contribution in [3.8, 4) is 0 Å². The van der Waals surface area contributed by atoms with E-state index in [2.05, 4.69) is 6.58 Å². The van der Waals surface area contributed by atoms with Crippen LogP contribution in [0.15, 0.2) is 11.5 Å². The molecule has 1 aliphatic heterocycles. The zero-order chi connectivity index (χ0) is 10.6. The van der Waals surface area contributed by atoms with E-state index in [1.165, 1.54) is 0 Å². The molecule has 6 heteroatoms. The van der Waals surface area contributed by atoms with Crippen LogP contribution >= 0.6 is 0 Å². The fourth-order valence-corrected chi connectivity index (χ4v) is 1.97. The number of nitrogens with two attached hydrogens (primary N) is 1. The van der Waals surface area contributed by atoms with Gasteiger partial charge in [-0.1, -0.05) is 6.58 Å². The summed E-state index contributed by atoms with van der Waals surface area (Å²) < 4.78 is 21.8. The monoisotopic (exact) mass is 219 g/mol. The summed E-state index contributed by atoms with van der Waals surface area (Å²) in [6.45, 7) is 4.80. The highest BCUT2D eigenvalue weighted by Gasteiger charge is 2.20. The molecule has 0 aromatic heterocycles. The normalized spacial score (nSPS) is 24.1. The van der Waals surface area contributed by atoms with Crippen LogP contribution in [-0.4, -0.2) is 41.8 Å². The van der Waals surface area contributed by atoms with Gasteiger partial charge in [0.15, 0.2) is 0 Å². The first kappa shape index (κ1) is 11.4. The molecular weight excluding hydrogens is 206 g/mol. The van der Waals surface area contributed by atoms with E-state index in [1.54, 1.807) is 0 Å². The molecule has 0 aliphatic carbocycles. The van der Waals surface area contributed by atoms with Crippen LogP contribution in [0.25, 0.3) is 0 Å². The molecule has 5 nitrogen and oxygen atoms in total. The Kier molecular flexibility index (Phi) is 4.24. The third-order valence-electron chi connectivity index (χ3n) is 1.77. The van der Waals surface area contributed by atoms with Gasteiger partial charge in [0.1, 0.15) is 0 Å². The maximum absolute atomic E-state index is 11.4. The molecule has 0 bridgehead atoms. The zero-order valence-electron chi connectivity index (χ0n) is 7.73.